The van der Waals surface area contributed by atoms with Crippen LogP contribution in [-0.4, -0.2) is 84.2 Å². The smallest absolute Gasteiger partial charge is 0.310 e. The minimum Gasteiger partial charge on any atom is -0.461 e. The van der Waals surface area contributed by atoms with Crippen LogP contribution in [0, 0.1) is 36.5 Å². The zero-order valence-corrected chi connectivity index (χ0v) is 32.2. The highest BCUT2D eigenvalue weighted by molar-refractivity contribution is 5.72. The van der Waals surface area contributed by atoms with Crippen LogP contribution in [-0.2, 0) is 28.5 Å². The van der Waals surface area contributed by atoms with Gasteiger partial charge in [0.25, 0.3) is 0 Å². The summed E-state index contributed by atoms with van der Waals surface area (Å²) in [5, 5.41) is 28.4. The summed E-state index contributed by atoms with van der Waals surface area (Å²) in [4.78, 5) is 25.5. The molecule has 2 aliphatic rings. The molecule has 284 valence electrons. The molecule has 1 saturated heterocycles. The summed E-state index contributed by atoms with van der Waals surface area (Å²) >= 11 is 0. The molecule has 50 heavy (non-hydrogen) atoms. The average molecular weight is 703 g/mol. The first-order valence-corrected chi connectivity index (χ1v) is 17.8. The minimum atomic E-state index is -0.829. The molecule has 0 radical (unpaired) electrons. The molecule has 0 aromatic heterocycles. The molecular formula is C41H66O9. The standard InChI is InChI=1S/C38H60O8.C2H2.CH4O/c1-10-12-14-25(4)22-34(40)44-32-20-18-27(6)33(45-35(41)23-30(39)19-17-26(32)5)21-24(3)15-13-16-28(7)36(42)38-37(46-38)29(8)31(11-2)43-9;2*1-2/h10,12-16,18,20,26-33,36-39,42H,11,17,19,21-23H2,1-9H3;1-2H;2H,1H3/b12-10-,16-13+,20-18+,24-15+,25-14+;;. The highest BCUT2D eigenvalue weighted by Crippen LogP contribution is 2.37. The first kappa shape index (κ1) is 47.0. The summed E-state index contributed by atoms with van der Waals surface area (Å²) < 4.78 is 23.2. The molecule has 2 heterocycles. The Kier molecular flexibility index (Phi) is 24.3. The molecular weight excluding hydrogens is 636 g/mol. The van der Waals surface area contributed by atoms with Crippen molar-refractivity contribution in [3.8, 4) is 12.8 Å². The van der Waals surface area contributed by atoms with E-state index >= 15 is 0 Å². The Hall–Kier alpha value is -3.00. The van der Waals surface area contributed by atoms with Gasteiger partial charge in [0, 0.05) is 38.4 Å². The third kappa shape index (κ3) is 17.3. The third-order valence-corrected chi connectivity index (χ3v) is 9.22. The maximum Gasteiger partial charge on any atom is 0.310 e. The molecule has 11 atom stereocenters. The van der Waals surface area contributed by atoms with Gasteiger partial charge >= 0.3 is 11.9 Å². The van der Waals surface area contributed by atoms with Crippen molar-refractivity contribution in [2.45, 2.75) is 137 Å². The van der Waals surface area contributed by atoms with E-state index in [-0.39, 0.29) is 60.8 Å². The van der Waals surface area contributed by atoms with Crippen molar-refractivity contribution in [2.75, 3.05) is 14.2 Å². The summed E-state index contributed by atoms with van der Waals surface area (Å²) in [6, 6.07) is 0. The molecule has 2 aliphatic heterocycles. The third-order valence-electron chi connectivity index (χ3n) is 9.22. The Labute approximate surface area is 302 Å². The van der Waals surface area contributed by atoms with Gasteiger partial charge in [-0.2, -0.15) is 0 Å². The van der Waals surface area contributed by atoms with Crippen molar-refractivity contribution >= 4 is 11.9 Å². The second kappa shape index (κ2) is 25.9. The average Bonchev–Trinajstić information content (AvgIpc) is 3.90. The van der Waals surface area contributed by atoms with Gasteiger partial charge in [0.15, 0.2) is 0 Å². The number of esters is 2. The predicted octanol–water partition coefficient (Wildman–Crippen LogP) is 6.67. The summed E-state index contributed by atoms with van der Waals surface area (Å²) in [5.41, 5.74) is 1.92. The fraction of sp³-hybridized carbons (Fsp3) is 0.659. The normalized spacial score (nSPS) is 29.4. The number of methoxy groups -OCH3 is 1. The lowest BCUT2D eigenvalue weighted by Gasteiger charge is -2.27. The lowest BCUT2D eigenvalue weighted by Crippen LogP contribution is -2.30. The van der Waals surface area contributed by atoms with Gasteiger partial charge in [-0.25, -0.2) is 0 Å². The van der Waals surface area contributed by atoms with Crippen LogP contribution in [0.15, 0.2) is 59.8 Å². The number of ether oxygens (including phenoxy) is 4. The van der Waals surface area contributed by atoms with E-state index in [9.17, 15) is 19.8 Å². The lowest BCUT2D eigenvalue weighted by atomic mass is 9.91. The largest absolute Gasteiger partial charge is 0.461 e. The summed E-state index contributed by atoms with van der Waals surface area (Å²) in [6.07, 6.45) is 23.5. The van der Waals surface area contributed by atoms with Crippen molar-refractivity contribution in [3.05, 3.63) is 59.8 Å². The molecule has 11 unspecified atom stereocenters. The maximum atomic E-state index is 12.8. The minimum absolute atomic E-state index is 0.00727. The van der Waals surface area contributed by atoms with Gasteiger partial charge in [0.2, 0.25) is 0 Å². The number of rotatable bonds is 14. The first-order chi connectivity index (χ1) is 23.8. The van der Waals surface area contributed by atoms with Crippen LogP contribution in [0.5, 0.6) is 0 Å². The number of hydrogen-bond donors (Lipinski definition) is 3. The van der Waals surface area contributed by atoms with E-state index in [1.165, 1.54) is 0 Å². The first-order valence-electron chi connectivity index (χ1n) is 17.8. The van der Waals surface area contributed by atoms with E-state index in [2.05, 4.69) is 26.7 Å². The summed E-state index contributed by atoms with van der Waals surface area (Å²) in [7, 11) is 2.71. The van der Waals surface area contributed by atoms with E-state index in [1.807, 2.05) is 90.2 Å². The van der Waals surface area contributed by atoms with Gasteiger partial charge in [0.05, 0.1) is 37.3 Å². The number of carbonyl (C=O) groups excluding carboxylic acids is 2. The Bertz CT molecular complexity index is 1150. The molecule has 0 aromatic carbocycles. The molecule has 1 fully saturated rings. The molecule has 0 amide bonds. The molecule has 0 spiro atoms. The SMILES string of the molecule is C#C.C/C=C\C=C(/C)CC(=O)OC1/C=C/C(C)C(C/C(C)=C/C=C/C(C)C(O)C2OC2C(C)C(CC)OC)OC(=O)CC(O)CCC1C.CO. The van der Waals surface area contributed by atoms with Crippen molar-refractivity contribution in [1.29, 1.82) is 0 Å². The van der Waals surface area contributed by atoms with Crippen LogP contribution in [0.3, 0.4) is 0 Å². The van der Waals surface area contributed by atoms with Crippen molar-refractivity contribution in [1.82, 2.24) is 0 Å². The molecule has 3 N–H and O–H groups in total. The van der Waals surface area contributed by atoms with E-state index in [1.54, 1.807) is 7.11 Å². The molecule has 2 rings (SSSR count). The number of terminal acetylenes is 1. The molecule has 9 heteroatoms. The number of aliphatic hydroxyl groups excluding tert-OH is 3. The predicted molar refractivity (Wildman–Crippen MR) is 200 cm³/mol. The van der Waals surface area contributed by atoms with Crippen LogP contribution in [0.1, 0.15) is 93.9 Å². The van der Waals surface area contributed by atoms with Crippen LogP contribution in [0.2, 0.25) is 0 Å². The van der Waals surface area contributed by atoms with E-state index < -0.39 is 30.4 Å². The Morgan fingerprint density at radius 3 is 2.30 bits per heavy atom. The second-order valence-corrected chi connectivity index (χ2v) is 13.4. The van der Waals surface area contributed by atoms with Crippen LogP contribution >= 0.6 is 0 Å². The summed E-state index contributed by atoms with van der Waals surface area (Å²) in [6.45, 7) is 15.9. The zero-order valence-electron chi connectivity index (χ0n) is 32.2. The maximum absolute atomic E-state index is 12.8. The van der Waals surface area contributed by atoms with E-state index in [4.69, 9.17) is 24.1 Å². The van der Waals surface area contributed by atoms with Gasteiger partial charge in [-0.15, -0.1) is 12.8 Å². The van der Waals surface area contributed by atoms with Crippen molar-refractivity contribution in [2.24, 2.45) is 23.7 Å². The number of hydrogen-bond acceptors (Lipinski definition) is 9. The monoisotopic (exact) mass is 702 g/mol. The Morgan fingerprint density at radius 1 is 1.06 bits per heavy atom. The Morgan fingerprint density at radius 2 is 1.70 bits per heavy atom. The van der Waals surface area contributed by atoms with Crippen LogP contribution in [0.25, 0.3) is 0 Å². The van der Waals surface area contributed by atoms with E-state index in [0.29, 0.717) is 19.3 Å². The molecule has 0 saturated carbocycles. The number of cyclic esters (lactones) is 1. The van der Waals surface area contributed by atoms with Crippen molar-refractivity contribution in [3.63, 3.8) is 0 Å². The molecule has 0 aliphatic carbocycles. The van der Waals surface area contributed by atoms with Gasteiger partial charge in [-0.3, -0.25) is 9.59 Å². The topological polar surface area (TPSA) is 135 Å². The fourth-order valence-corrected chi connectivity index (χ4v) is 5.95. The molecule has 0 aromatic rings. The fourth-order valence-electron chi connectivity index (χ4n) is 5.95. The number of aliphatic hydroxyl groups is 3. The van der Waals surface area contributed by atoms with E-state index in [0.717, 1.165) is 24.7 Å². The lowest BCUT2D eigenvalue weighted by molar-refractivity contribution is -0.153. The quantitative estimate of drug-likeness (QED) is 0.0596. The second-order valence-electron chi connectivity index (χ2n) is 13.4. The van der Waals surface area contributed by atoms with Gasteiger partial charge in [0.1, 0.15) is 18.3 Å². The van der Waals surface area contributed by atoms with Gasteiger partial charge < -0.3 is 34.3 Å². The highest BCUT2D eigenvalue weighted by Gasteiger charge is 2.50. The van der Waals surface area contributed by atoms with Gasteiger partial charge in [-0.05, 0) is 52.0 Å². The zero-order chi connectivity index (χ0) is 38.4. The highest BCUT2D eigenvalue weighted by atomic mass is 16.6. The number of carbonyl (C=O) groups is 2. The summed E-state index contributed by atoms with van der Waals surface area (Å²) in [5.74, 6) is -0.828. The van der Waals surface area contributed by atoms with Crippen LogP contribution < -0.4 is 0 Å². The van der Waals surface area contributed by atoms with Crippen molar-refractivity contribution < 1.29 is 43.9 Å². The van der Waals surface area contributed by atoms with Gasteiger partial charge in [-0.1, -0.05) is 88.3 Å². The number of epoxide rings is 1. The number of allylic oxidation sites excluding steroid dienone is 5. The Balaban J connectivity index is 0.00000578. The molecule has 0 bridgehead atoms. The molecule has 9 nitrogen and oxygen atoms in total. The van der Waals surface area contributed by atoms with Crippen LogP contribution in [0.4, 0.5) is 0 Å².